The van der Waals surface area contributed by atoms with Crippen LogP contribution in [0.15, 0.2) is 18.2 Å². The molecule has 4 heteroatoms. The van der Waals surface area contributed by atoms with Gasteiger partial charge in [-0.05, 0) is 25.5 Å². The van der Waals surface area contributed by atoms with Gasteiger partial charge in [0.2, 0.25) is 0 Å². The summed E-state index contributed by atoms with van der Waals surface area (Å²) >= 11 is 0. The van der Waals surface area contributed by atoms with Gasteiger partial charge >= 0.3 is 5.97 Å². The topological polar surface area (TPSA) is 59.4 Å². The number of unbranched alkanes of at least 4 members (excludes halogenated alkanes) is 12. The summed E-state index contributed by atoms with van der Waals surface area (Å²) in [5.41, 5.74) is 1.28. The molecule has 1 aromatic heterocycles. The number of hydrogen-bond donors (Lipinski definition) is 1. The number of ether oxygens (including phenoxy) is 1. The van der Waals surface area contributed by atoms with Gasteiger partial charge in [-0.25, -0.2) is 0 Å². The SMILES string of the molecule is CCCCCCCCCCCCCCCC(=O)OCc1cccc([C@@H](C)O)n1. The first-order valence-electron chi connectivity index (χ1n) is 11.4. The Morgan fingerprint density at radius 2 is 1.46 bits per heavy atom. The van der Waals surface area contributed by atoms with E-state index < -0.39 is 6.10 Å². The first-order chi connectivity index (χ1) is 13.6. The fraction of sp³-hybridized carbons (Fsp3) is 0.750. The Bertz CT molecular complexity index is 516. The molecule has 0 spiro atoms. The lowest BCUT2D eigenvalue weighted by Gasteiger charge is -2.08. The van der Waals surface area contributed by atoms with E-state index in [9.17, 15) is 9.90 Å². The number of carbonyl (C=O) groups is 1. The second-order valence-electron chi connectivity index (χ2n) is 7.88. The lowest BCUT2D eigenvalue weighted by Crippen LogP contribution is -2.06. The van der Waals surface area contributed by atoms with Crippen LogP contribution in [0.4, 0.5) is 0 Å². The molecule has 0 aromatic carbocycles. The quantitative estimate of drug-likeness (QED) is 0.238. The maximum absolute atomic E-state index is 11.8. The number of esters is 1. The van der Waals surface area contributed by atoms with E-state index in [4.69, 9.17) is 4.74 Å². The van der Waals surface area contributed by atoms with E-state index in [2.05, 4.69) is 11.9 Å². The highest BCUT2D eigenvalue weighted by Crippen LogP contribution is 2.14. The van der Waals surface area contributed by atoms with Crippen molar-refractivity contribution in [2.24, 2.45) is 0 Å². The van der Waals surface area contributed by atoms with Crippen LogP contribution in [0.5, 0.6) is 0 Å². The van der Waals surface area contributed by atoms with E-state index in [0.717, 1.165) is 12.8 Å². The van der Waals surface area contributed by atoms with Crippen molar-refractivity contribution in [3.8, 4) is 0 Å². The zero-order valence-electron chi connectivity index (χ0n) is 18.1. The van der Waals surface area contributed by atoms with Crippen molar-refractivity contribution < 1.29 is 14.6 Å². The Morgan fingerprint density at radius 3 is 2.00 bits per heavy atom. The molecule has 1 rings (SSSR count). The van der Waals surface area contributed by atoms with Gasteiger partial charge in [0.05, 0.1) is 17.5 Å². The molecule has 0 aliphatic heterocycles. The minimum Gasteiger partial charge on any atom is -0.459 e. The van der Waals surface area contributed by atoms with Crippen LogP contribution in [0, 0.1) is 0 Å². The Balaban J connectivity index is 1.92. The van der Waals surface area contributed by atoms with Gasteiger partial charge in [0.25, 0.3) is 0 Å². The molecule has 0 aliphatic rings. The lowest BCUT2D eigenvalue weighted by atomic mass is 10.0. The number of nitrogens with zero attached hydrogens (tertiary/aromatic N) is 1. The monoisotopic (exact) mass is 391 g/mol. The lowest BCUT2D eigenvalue weighted by molar-refractivity contribution is -0.145. The summed E-state index contributed by atoms with van der Waals surface area (Å²) in [6, 6.07) is 5.40. The molecule has 1 N–H and O–H groups in total. The summed E-state index contributed by atoms with van der Waals surface area (Å²) in [6.45, 7) is 4.12. The summed E-state index contributed by atoms with van der Waals surface area (Å²) in [4.78, 5) is 16.1. The fourth-order valence-electron chi connectivity index (χ4n) is 3.32. The number of aliphatic hydroxyl groups excluding tert-OH is 1. The predicted octanol–water partition coefficient (Wildman–Crippen LogP) is 6.66. The molecule has 1 atom stereocenters. The van der Waals surface area contributed by atoms with Gasteiger partial charge in [-0.2, -0.15) is 0 Å². The molecule has 0 amide bonds. The minimum atomic E-state index is -0.610. The predicted molar refractivity (Wildman–Crippen MR) is 115 cm³/mol. The molecular weight excluding hydrogens is 350 g/mol. The molecular formula is C24H41NO3. The Kier molecular flexibility index (Phi) is 14.5. The van der Waals surface area contributed by atoms with E-state index in [0.29, 0.717) is 17.8 Å². The number of carbonyl (C=O) groups excluding carboxylic acids is 1. The van der Waals surface area contributed by atoms with Gasteiger partial charge < -0.3 is 9.84 Å². The molecule has 0 unspecified atom stereocenters. The molecule has 0 fully saturated rings. The van der Waals surface area contributed by atoms with Crippen LogP contribution < -0.4 is 0 Å². The number of aliphatic hydroxyl groups is 1. The smallest absolute Gasteiger partial charge is 0.306 e. The Hall–Kier alpha value is -1.42. The van der Waals surface area contributed by atoms with Gasteiger partial charge in [-0.1, -0.05) is 90.0 Å². The molecule has 0 radical (unpaired) electrons. The summed E-state index contributed by atoms with van der Waals surface area (Å²) in [5.74, 6) is -0.160. The molecule has 160 valence electrons. The first-order valence-corrected chi connectivity index (χ1v) is 11.4. The first kappa shape index (κ1) is 24.6. The largest absolute Gasteiger partial charge is 0.459 e. The minimum absolute atomic E-state index is 0.160. The van der Waals surface area contributed by atoms with Crippen LogP contribution in [-0.4, -0.2) is 16.1 Å². The molecule has 0 bridgehead atoms. The summed E-state index contributed by atoms with van der Waals surface area (Å²) in [7, 11) is 0. The van der Waals surface area contributed by atoms with Gasteiger partial charge in [0.15, 0.2) is 0 Å². The third kappa shape index (κ3) is 12.9. The van der Waals surface area contributed by atoms with Crippen molar-refractivity contribution in [3.63, 3.8) is 0 Å². The van der Waals surface area contributed by atoms with Crippen molar-refractivity contribution in [1.29, 1.82) is 0 Å². The fourth-order valence-corrected chi connectivity index (χ4v) is 3.32. The maximum atomic E-state index is 11.8. The second kappa shape index (κ2) is 16.5. The van der Waals surface area contributed by atoms with E-state index in [1.807, 2.05) is 12.1 Å². The van der Waals surface area contributed by atoms with E-state index in [1.54, 1.807) is 13.0 Å². The Labute approximate surface area is 172 Å². The number of rotatable bonds is 17. The van der Waals surface area contributed by atoms with E-state index in [-0.39, 0.29) is 12.6 Å². The second-order valence-corrected chi connectivity index (χ2v) is 7.88. The normalized spacial score (nSPS) is 12.1. The average Bonchev–Trinajstić information content (AvgIpc) is 2.70. The maximum Gasteiger partial charge on any atom is 0.306 e. The van der Waals surface area contributed by atoms with Gasteiger partial charge in [0, 0.05) is 6.42 Å². The molecule has 1 heterocycles. The van der Waals surface area contributed by atoms with Crippen LogP contribution in [0.2, 0.25) is 0 Å². The number of aromatic nitrogens is 1. The Morgan fingerprint density at radius 1 is 0.929 bits per heavy atom. The summed E-state index contributed by atoms with van der Waals surface area (Å²) in [5, 5.41) is 9.54. The standard InChI is InChI=1S/C24H41NO3/c1-3-4-5-6-7-8-9-10-11-12-13-14-15-19-24(27)28-20-22-17-16-18-23(25-22)21(2)26/h16-18,21,26H,3-15,19-20H2,1-2H3/t21-/m1/s1. The van der Waals surface area contributed by atoms with Gasteiger partial charge in [-0.15, -0.1) is 0 Å². The van der Waals surface area contributed by atoms with Crippen molar-refractivity contribution >= 4 is 5.97 Å². The van der Waals surface area contributed by atoms with Crippen LogP contribution in [0.1, 0.15) is 121 Å². The van der Waals surface area contributed by atoms with E-state index in [1.165, 1.54) is 70.6 Å². The highest BCUT2D eigenvalue weighted by molar-refractivity contribution is 5.69. The van der Waals surface area contributed by atoms with Crippen molar-refractivity contribution in [2.75, 3.05) is 0 Å². The average molecular weight is 392 g/mol. The molecule has 4 nitrogen and oxygen atoms in total. The van der Waals surface area contributed by atoms with Gasteiger partial charge in [0.1, 0.15) is 6.61 Å². The highest BCUT2D eigenvalue weighted by Gasteiger charge is 2.07. The zero-order valence-corrected chi connectivity index (χ0v) is 18.1. The molecule has 1 aromatic rings. The van der Waals surface area contributed by atoms with E-state index >= 15 is 0 Å². The molecule has 0 saturated heterocycles. The molecule has 0 saturated carbocycles. The van der Waals surface area contributed by atoms with Crippen LogP contribution in [0.3, 0.4) is 0 Å². The summed E-state index contributed by atoms with van der Waals surface area (Å²) < 4.78 is 5.29. The van der Waals surface area contributed by atoms with Gasteiger partial charge in [-0.3, -0.25) is 9.78 Å². The van der Waals surface area contributed by atoms with Crippen LogP contribution in [-0.2, 0) is 16.1 Å². The van der Waals surface area contributed by atoms with Crippen molar-refractivity contribution in [3.05, 3.63) is 29.6 Å². The van der Waals surface area contributed by atoms with Crippen molar-refractivity contribution in [1.82, 2.24) is 4.98 Å². The number of pyridine rings is 1. The highest BCUT2D eigenvalue weighted by atomic mass is 16.5. The summed E-state index contributed by atoms with van der Waals surface area (Å²) in [6.07, 6.45) is 16.7. The third-order valence-electron chi connectivity index (χ3n) is 5.12. The third-order valence-corrected chi connectivity index (χ3v) is 5.12. The van der Waals surface area contributed by atoms with Crippen molar-refractivity contribution in [2.45, 2.75) is 116 Å². The molecule has 28 heavy (non-hydrogen) atoms. The number of hydrogen-bond acceptors (Lipinski definition) is 4. The van der Waals surface area contributed by atoms with Crippen LogP contribution in [0.25, 0.3) is 0 Å². The zero-order chi connectivity index (χ0) is 20.5. The van der Waals surface area contributed by atoms with Crippen LogP contribution >= 0.6 is 0 Å². The molecule has 0 aliphatic carbocycles.